The largest absolute Gasteiger partial charge is 0.486 e. The number of halogens is 2. The maximum atomic E-state index is 13.9. The molecule has 0 heterocycles. The molecule has 0 N–H and O–H groups in total. The van der Waals surface area contributed by atoms with E-state index in [1.165, 1.54) is 17.7 Å². The monoisotopic (exact) mass is 371 g/mol. The van der Waals surface area contributed by atoms with E-state index in [0.29, 0.717) is 12.0 Å². The zero-order valence-corrected chi connectivity index (χ0v) is 15.4. The van der Waals surface area contributed by atoms with Gasteiger partial charge in [-0.3, -0.25) is 0 Å². The Morgan fingerprint density at radius 3 is 2.33 bits per heavy atom. The molecule has 1 aliphatic rings. The highest BCUT2D eigenvalue weighted by Crippen LogP contribution is 2.34. The van der Waals surface area contributed by atoms with Gasteiger partial charge in [0.2, 0.25) is 5.82 Å². The molecule has 27 heavy (non-hydrogen) atoms. The van der Waals surface area contributed by atoms with Crippen LogP contribution < -0.4 is 4.74 Å². The number of benzene rings is 2. The molecular formula is C22H23F2NO2. The van der Waals surface area contributed by atoms with Crippen LogP contribution in [0.3, 0.4) is 0 Å². The molecule has 5 heteroatoms. The van der Waals surface area contributed by atoms with E-state index in [-0.39, 0.29) is 17.9 Å². The predicted molar refractivity (Wildman–Crippen MR) is 98.5 cm³/mol. The summed E-state index contributed by atoms with van der Waals surface area (Å²) in [7, 11) is 0. The Morgan fingerprint density at radius 1 is 1.00 bits per heavy atom. The van der Waals surface area contributed by atoms with E-state index in [1.54, 1.807) is 6.07 Å². The van der Waals surface area contributed by atoms with Gasteiger partial charge in [0.05, 0.1) is 11.7 Å². The Kier molecular flexibility index (Phi) is 6.41. The lowest BCUT2D eigenvalue weighted by Crippen LogP contribution is -2.20. The summed E-state index contributed by atoms with van der Waals surface area (Å²) in [4.78, 5) is 0. The normalized spacial score (nSPS) is 19.5. The van der Waals surface area contributed by atoms with Crippen LogP contribution >= 0.6 is 0 Å². The lowest BCUT2D eigenvalue weighted by atomic mass is 9.82. The SMILES string of the molecule is CCO[C@H]1CC[C@H](c2ccc(COc3ccc(C#N)c(F)c3F)cc2)CC1. The van der Waals surface area contributed by atoms with Gasteiger partial charge in [-0.25, -0.2) is 4.39 Å². The van der Waals surface area contributed by atoms with Crippen LogP contribution in [0.1, 0.15) is 55.2 Å². The number of rotatable bonds is 6. The van der Waals surface area contributed by atoms with Crippen molar-refractivity contribution in [3.05, 3.63) is 64.7 Å². The zero-order chi connectivity index (χ0) is 19.2. The van der Waals surface area contributed by atoms with Crippen LogP contribution in [0, 0.1) is 23.0 Å². The lowest BCUT2D eigenvalue weighted by molar-refractivity contribution is 0.0328. The summed E-state index contributed by atoms with van der Waals surface area (Å²) in [5, 5.41) is 8.71. The third-order valence-electron chi connectivity index (χ3n) is 5.09. The summed E-state index contributed by atoms with van der Waals surface area (Å²) in [5.41, 5.74) is 1.85. The maximum absolute atomic E-state index is 13.9. The summed E-state index contributed by atoms with van der Waals surface area (Å²) in [6.07, 6.45) is 4.81. The Bertz CT molecular complexity index is 806. The Morgan fingerprint density at radius 2 is 1.70 bits per heavy atom. The average molecular weight is 371 g/mol. The van der Waals surface area contributed by atoms with E-state index in [4.69, 9.17) is 14.7 Å². The van der Waals surface area contributed by atoms with Gasteiger partial charge in [0.15, 0.2) is 11.6 Å². The van der Waals surface area contributed by atoms with Gasteiger partial charge >= 0.3 is 0 Å². The second-order valence-corrected chi connectivity index (χ2v) is 6.81. The van der Waals surface area contributed by atoms with Gasteiger partial charge < -0.3 is 9.47 Å². The predicted octanol–water partition coefficient (Wildman–Crippen LogP) is 5.48. The number of nitrogens with zero attached hydrogens (tertiary/aromatic N) is 1. The minimum atomic E-state index is -1.17. The second kappa shape index (κ2) is 8.96. The smallest absolute Gasteiger partial charge is 0.202 e. The summed E-state index contributed by atoms with van der Waals surface area (Å²) in [6.45, 7) is 2.94. The number of nitriles is 1. The molecule has 0 unspecified atom stereocenters. The number of ether oxygens (including phenoxy) is 2. The quantitative estimate of drug-likeness (QED) is 0.675. The molecule has 0 aliphatic heterocycles. The minimum Gasteiger partial charge on any atom is -0.486 e. The summed E-state index contributed by atoms with van der Waals surface area (Å²) < 4.78 is 38.6. The topological polar surface area (TPSA) is 42.2 Å². The molecule has 0 saturated heterocycles. The molecule has 3 rings (SSSR count). The highest BCUT2D eigenvalue weighted by molar-refractivity contribution is 5.38. The molecule has 142 valence electrons. The molecule has 3 nitrogen and oxygen atoms in total. The van der Waals surface area contributed by atoms with Crippen LogP contribution in [0.15, 0.2) is 36.4 Å². The first kappa shape index (κ1) is 19.3. The number of hydrogen-bond acceptors (Lipinski definition) is 3. The van der Waals surface area contributed by atoms with Crippen LogP contribution in [0.4, 0.5) is 8.78 Å². The molecule has 0 bridgehead atoms. The molecule has 1 saturated carbocycles. The molecular weight excluding hydrogens is 348 g/mol. The molecule has 2 aromatic rings. The lowest BCUT2D eigenvalue weighted by Gasteiger charge is -2.28. The van der Waals surface area contributed by atoms with E-state index in [1.807, 2.05) is 19.1 Å². The van der Waals surface area contributed by atoms with E-state index in [0.717, 1.165) is 37.9 Å². The van der Waals surface area contributed by atoms with Crippen LogP contribution in [0.2, 0.25) is 0 Å². The fourth-order valence-electron chi connectivity index (χ4n) is 3.58. The Labute approximate surface area is 158 Å². The van der Waals surface area contributed by atoms with E-state index >= 15 is 0 Å². The first-order valence-corrected chi connectivity index (χ1v) is 9.33. The number of hydrogen-bond donors (Lipinski definition) is 0. The van der Waals surface area contributed by atoms with E-state index in [2.05, 4.69) is 12.1 Å². The highest BCUT2D eigenvalue weighted by Gasteiger charge is 2.22. The fourth-order valence-corrected chi connectivity index (χ4v) is 3.58. The molecule has 1 aliphatic carbocycles. The van der Waals surface area contributed by atoms with Crippen LogP contribution in [0.5, 0.6) is 5.75 Å². The van der Waals surface area contributed by atoms with E-state index < -0.39 is 11.6 Å². The van der Waals surface area contributed by atoms with Gasteiger partial charge in [-0.2, -0.15) is 9.65 Å². The van der Waals surface area contributed by atoms with Crippen molar-refractivity contribution in [3.8, 4) is 11.8 Å². The highest BCUT2D eigenvalue weighted by atomic mass is 19.2. The third-order valence-corrected chi connectivity index (χ3v) is 5.09. The van der Waals surface area contributed by atoms with E-state index in [9.17, 15) is 8.78 Å². The van der Waals surface area contributed by atoms with Crippen molar-refractivity contribution in [2.45, 2.75) is 51.2 Å². The molecule has 0 spiro atoms. The average Bonchev–Trinajstić information content (AvgIpc) is 2.70. The van der Waals surface area contributed by atoms with Crippen molar-refractivity contribution in [2.75, 3.05) is 6.61 Å². The molecule has 0 atom stereocenters. The van der Waals surface area contributed by atoms with Gasteiger partial charge in [0, 0.05) is 6.61 Å². The van der Waals surface area contributed by atoms with Gasteiger partial charge in [0.1, 0.15) is 12.7 Å². The molecule has 2 aromatic carbocycles. The zero-order valence-electron chi connectivity index (χ0n) is 15.4. The summed E-state index contributed by atoms with van der Waals surface area (Å²) in [5.74, 6) is -1.95. The fraction of sp³-hybridized carbons (Fsp3) is 0.409. The summed E-state index contributed by atoms with van der Waals surface area (Å²) in [6, 6.07) is 12.2. The third kappa shape index (κ3) is 4.64. The van der Waals surface area contributed by atoms with Gasteiger partial charge in [-0.05, 0) is 61.8 Å². The molecule has 0 aromatic heterocycles. The van der Waals surface area contributed by atoms with Crippen molar-refractivity contribution >= 4 is 0 Å². The van der Waals surface area contributed by atoms with Crippen molar-refractivity contribution in [1.82, 2.24) is 0 Å². The molecule has 0 radical (unpaired) electrons. The van der Waals surface area contributed by atoms with Crippen molar-refractivity contribution in [1.29, 1.82) is 5.26 Å². The maximum Gasteiger partial charge on any atom is 0.202 e. The minimum absolute atomic E-state index is 0.139. The van der Waals surface area contributed by atoms with Gasteiger partial charge in [0.25, 0.3) is 0 Å². The van der Waals surface area contributed by atoms with Crippen molar-refractivity contribution in [3.63, 3.8) is 0 Å². The van der Waals surface area contributed by atoms with Crippen molar-refractivity contribution in [2.24, 2.45) is 0 Å². The summed E-state index contributed by atoms with van der Waals surface area (Å²) >= 11 is 0. The van der Waals surface area contributed by atoms with Crippen LogP contribution in [-0.4, -0.2) is 12.7 Å². The Hall–Kier alpha value is -2.45. The molecule has 1 fully saturated rings. The van der Waals surface area contributed by atoms with Gasteiger partial charge in [-0.1, -0.05) is 24.3 Å². The van der Waals surface area contributed by atoms with Crippen LogP contribution in [-0.2, 0) is 11.3 Å². The van der Waals surface area contributed by atoms with Crippen LogP contribution in [0.25, 0.3) is 0 Å². The van der Waals surface area contributed by atoms with Crippen molar-refractivity contribution < 1.29 is 18.3 Å². The standard InChI is InChI=1S/C22H23F2NO2/c1-2-26-19-10-7-17(8-11-19)16-5-3-15(4-6-16)14-27-20-12-9-18(13-25)21(23)22(20)24/h3-6,9,12,17,19H,2,7-8,10-11,14H2,1H3/t17-,19-. The Balaban J connectivity index is 1.57. The molecule has 0 amide bonds. The second-order valence-electron chi connectivity index (χ2n) is 6.81. The first-order chi connectivity index (χ1) is 13.1. The first-order valence-electron chi connectivity index (χ1n) is 9.33. The van der Waals surface area contributed by atoms with Gasteiger partial charge in [-0.15, -0.1) is 0 Å².